The summed E-state index contributed by atoms with van der Waals surface area (Å²) in [6, 6.07) is 6.48. The molecule has 96 valence electrons. The molecule has 2 aromatic rings. The maximum Gasteiger partial charge on any atom is 0.132 e. The molecule has 1 heterocycles. The van der Waals surface area contributed by atoms with Crippen molar-refractivity contribution in [3.63, 3.8) is 0 Å². The molecule has 0 aliphatic heterocycles. The van der Waals surface area contributed by atoms with Crippen LogP contribution in [0, 0.1) is 13.8 Å². The molecule has 1 aromatic carbocycles. The number of hydrogen-bond acceptors (Lipinski definition) is 2. The Hall–Kier alpha value is -1.13. The second kappa shape index (κ2) is 5.24. The molecule has 0 saturated heterocycles. The zero-order valence-corrected chi connectivity index (χ0v) is 12.6. The van der Waals surface area contributed by atoms with Gasteiger partial charge in [0.15, 0.2) is 0 Å². The number of imidazole rings is 1. The van der Waals surface area contributed by atoms with Crippen molar-refractivity contribution in [2.45, 2.75) is 20.3 Å². The zero-order chi connectivity index (χ0) is 13.3. The summed E-state index contributed by atoms with van der Waals surface area (Å²) in [5.41, 5.74) is 10.5. The van der Waals surface area contributed by atoms with Gasteiger partial charge in [0.1, 0.15) is 10.4 Å². The van der Waals surface area contributed by atoms with Crippen molar-refractivity contribution in [1.29, 1.82) is 0 Å². The lowest BCUT2D eigenvalue weighted by atomic mass is 10.0. The van der Waals surface area contributed by atoms with Crippen LogP contribution in [0.5, 0.6) is 0 Å². The molecule has 0 radical (unpaired) electrons. The van der Waals surface area contributed by atoms with E-state index >= 15 is 0 Å². The summed E-state index contributed by atoms with van der Waals surface area (Å²) in [4.78, 5) is 4.53. The maximum atomic E-state index is 5.60. The first-order valence-electron chi connectivity index (χ1n) is 6.03. The summed E-state index contributed by atoms with van der Waals surface area (Å²) < 4.78 is 3.00. The van der Waals surface area contributed by atoms with Crippen LogP contribution in [0.3, 0.4) is 0 Å². The summed E-state index contributed by atoms with van der Waals surface area (Å²) >= 11 is 3.54. The van der Waals surface area contributed by atoms with Crippen molar-refractivity contribution in [3.8, 4) is 11.3 Å². The third-order valence-corrected chi connectivity index (χ3v) is 3.85. The minimum atomic E-state index is 0.615. The van der Waals surface area contributed by atoms with E-state index in [0.29, 0.717) is 6.54 Å². The monoisotopic (exact) mass is 307 g/mol. The number of nitrogens with two attached hydrogens (primary N) is 1. The molecule has 0 amide bonds. The van der Waals surface area contributed by atoms with E-state index < -0.39 is 0 Å². The first-order valence-corrected chi connectivity index (χ1v) is 6.82. The smallest absolute Gasteiger partial charge is 0.132 e. The molecule has 0 bridgehead atoms. The van der Waals surface area contributed by atoms with E-state index in [4.69, 9.17) is 5.73 Å². The Balaban J connectivity index is 2.53. The molecule has 2 N–H and O–H groups in total. The van der Waals surface area contributed by atoms with E-state index in [1.54, 1.807) is 0 Å². The number of nitrogens with zero attached hydrogens (tertiary/aromatic N) is 2. The second-order valence-electron chi connectivity index (χ2n) is 4.56. The lowest BCUT2D eigenvalue weighted by molar-refractivity contribution is 0.782. The predicted octanol–water partition coefficient (Wildman–Crippen LogP) is 2.97. The van der Waals surface area contributed by atoms with Gasteiger partial charge in [0.05, 0.1) is 5.69 Å². The normalized spacial score (nSPS) is 10.9. The van der Waals surface area contributed by atoms with Gasteiger partial charge in [-0.25, -0.2) is 4.98 Å². The van der Waals surface area contributed by atoms with Gasteiger partial charge in [0.2, 0.25) is 0 Å². The molecule has 0 unspecified atom stereocenters. The quantitative estimate of drug-likeness (QED) is 0.947. The van der Waals surface area contributed by atoms with Crippen LogP contribution in [0.15, 0.2) is 22.8 Å². The van der Waals surface area contributed by atoms with Gasteiger partial charge in [-0.05, 0) is 53.5 Å². The zero-order valence-electron chi connectivity index (χ0n) is 11.0. The first kappa shape index (κ1) is 13.3. The topological polar surface area (TPSA) is 43.8 Å². The Bertz CT molecular complexity index is 573. The standard InChI is InChI=1S/C14H18BrN3/c1-9-4-5-11(8-10(9)2)13-14(15)17-12(6-7-16)18(13)3/h4-5,8H,6-7,16H2,1-3H3. The highest BCUT2D eigenvalue weighted by atomic mass is 79.9. The van der Waals surface area contributed by atoms with Gasteiger partial charge >= 0.3 is 0 Å². The number of aryl methyl sites for hydroxylation is 2. The van der Waals surface area contributed by atoms with Crippen LogP contribution in [0.25, 0.3) is 11.3 Å². The Labute approximate surface area is 116 Å². The van der Waals surface area contributed by atoms with Crippen molar-refractivity contribution >= 4 is 15.9 Å². The van der Waals surface area contributed by atoms with Crippen LogP contribution in [0.2, 0.25) is 0 Å². The van der Waals surface area contributed by atoms with E-state index in [-0.39, 0.29) is 0 Å². The molecule has 3 nitrogen and oxygen atoms in total. The number of aromatic nitrogens is 2. The first-order chi connectivity index (χ1) is 8.54. The van der Waals surface area contributed by atoms with Gasteiger partial charge in [-0.1, -0.05) is 12.1 Å². The van der Waals surface area contributed by atoms with Crippen LogP contribution in [0.1, 0.15) is 17.0 Å². The van der Waals surface area contributed by atoms with Crippen LogP contribution >= 0.6 is 15.9 Å². The Morgan fingerprint density at radius 1 is 1.28 bits per heavy atom. The van der Waals surface area contributed by atoms with Crippen molar-refractivity contribution in [1.82, 2.24) is 9.55 Å². The molecule has 0 aliphatic rings. The molecule has 4 heteroatoms. The maximum absolute atomic E-state index is 5.60. The summed E-state index contributed by atoms with van der Waals surface area (Å²) in [5.74, 6) is 1.01. The molecule has 0 spiro atoms. The highest BCUT2D eigenvalue weighted by molar-refractivity contribution is 9.10. The average molecular weight is 308 g/mol. The Kier molecular flexibility index (Phi) is 3.88. The fraction of sp³-hybridized carbons (Fsp3) is 0.357. The number of rotatable bonds is 3. The Morgan fingerprint density at radius 3 is 2.61 bits per heavy atom. The molecular weight excluding hydrogens is 290 g/mol. The van der Waals surface area contributed by atoms with Gasteiger partial charge in [-0.15, -0.1) is 0 Å². The van der Waals surface area contributed by atoms with Crippen molar-refractivity contribution in [2.24, 2.45) is 12.8 Å². The van der Waals surface area contributed by atoms with Gasteiger partial charge in [-0.2, -0.15) is 0 Å². The minimum Gasteiger partial charge on any atom is -0.330 e. The van der Waals surface area contributed by atoms with E-state index in [0.717, 1.165) is 22.5 Å². The summed E-state index contributed by atoms with van der Waals surface area (Å²) in [7, 11) is 2.03. The van der Waals surface area contributed by atoms with Crippen LogP contribution in [-0.4, -0.2) is 16.1 Å². The number of halogens is 1. The van der Waals surface area contributed by atoms with Gasteiger partial charge in [0, 0.05) is 19.0 Å². The van der Waals surface area contributed by atoms with Crippen LogP contribution in [-0.2, 0) is 13.5 Å². The van der Waals surface area contributed by atoms with Gasteiger partial charge in [-0.3, -0.25) is 0 Å². The molecule has 2 rings (SSSR count). The molecular formula is C14H18BrN3. The number of hydrogen-bond donors (Lipinski definition) is 1. The lowest BCUT2D eigenvalue weighted by Crippen LogP contribution is -2.08. The fourth-order valence-corrected chi connectivity index (χ4v) is 2.76. The molecule has 1 aromatic heterocycles. The lowest BCUT2D eigenvalue weighted by Gasteiger charge is -2.08. The highest BCUT2D eigenvalue weighted by Crippen LogP contribution is 2.29. The largest absolute Gasteiger partial charge is 0.330 e. The van der Waals surface area contributed by atoms with Crippen molar-refractivity contribution in [3.05, 3.63) is 39.8 Å². The van der Waals surface area contributed by atoms with Crippen LogP contribution < -0.4 is 5.73 Å². The highest BCUT2D eigenvalue weighted by Gasteiger charge is 2.14. The minimum absolute atomic E-state index is 0.615. The molecule has 0 atom stereocenters. The molecule has 0 aliphatic carbocycles. The third-order valence-electron chi connectivity index (χ3n) is 3.29. The molecule has 18 heavy (non-hydrogen) atoms. The van der Waals surface area contributed by atoms with E-state index in [1.165, 1.54) is 16.7 Å². The third kappa shape index (κ3) is 2.35. The number of benzene rings is 1. The second-order valence-corrected chi connectivity index (χ2v) is 5.32. The van der Waals surface area contributed by atoms with E-state index in [1.807, 2.05) is 7.05 Å². The summed E-state index contributed by atoms with van der Waals surface area (Å²) in [6.45, 7) is 4.87. The predicted molar refractivity (Wildman–Crippen MR) is 78.6 cm³/mol. The van der Waals surface area contributed by atoms with Gasteiger partial charge < -0.3 is 10.3 Å². The summed E-state index contributed by atoms with van der Waals surface area (Å²) in [5, 5.41) is 0. The molecule has 0 fully saturated rings. The van der Waals surface area contributed by atoms with Crippen LogP contribution in [0.4, 0.5) is 0 Å². The van der Waals surface area contributed by atoms with E-state index in [2.05, 4.69) is 57.5 Å². The summed E-state index contributed by atoms with van der Waals surface area (Å²) in [6.07, 6.45) is 0.792. The van der Waals surface area contributed by atoms with Crippen molar-refractivity contribution < 1.29 is 0 Å². The Morgan fingerprint density at radius 2 is 2.00 bits per heavy atom. The average Bonchev–Trinajstić information content (AvgIpc) is 2.59. The van der Waals surface area contributed by atoms with E-state index in [9.17, 15) is 0 Å². The van der Waals surface area contributed by atoms with Gasteiger partial charge in [0.25, 0.3) is 0 Å². The van der Waals surface area contributed by atoms with Crippen molar-refractivity contribution in [2.75, 3.05) is 6.54 Å². The SMILES string of the molecule is Cc1ccc(-c2c(Br)nc(CCN)n2C)cc1C. The fourth-order valence-electron chi connectivity index (χ4n) is 2.06. The molecule has 0 saturated carbocycles.